The number of carboxylic acid groups (broad SMARTS) is 1. The zero-order valence-electron chi connectivity index (χ0n) is 12.9. The molecule has 130 valence electrons. The number of nitrogens with one attached hydrogen (secondary N) is 1. The highest BCUT2D eigenvalue weighted by Gasteiger charge is 2.17. The molecule has 0 unspecified atom stereocenters. The zero-order chi connectivity index (χ0) is 18.6. The lowest BCUT2D eigenvalue weighted by molar-refractivity contribution is -0.385. The molecule has 0 aliphatic carbocycles. The van der Waals surface area contributed by atoms with Gasteiger partial charge in [-0.2, -0.15) is 13.5 Å². The molecule has 9 nitrogen and oxygen atoms in total. The fourth-order valence-corrected chi connectivity index (χ4v) is 2.81. The van der Waals surface area contributed by atoms with Crippen molar-refractivity contribution in [3.63, 3.8) is 0 Å². The molecule has 0 bridgehead atoms. The van der Waals surface area contributed by atoms with E-state index in [-0.39, 0.29) is 21.7 Å². The number of aryl methyl sites for hydroxylation is 1. The minimum absolute atomic E-state index is 0.0964. The summed E-state index contributed by atoms with van der Waals surface area (Å²) in [5.41, 5.74) is 0.619. The third kappa shape index (κ3) is 4.38. The van der Waals surface area contributed by atoms with Crippen LogP contribution in [0.1, 0.15) is 21.5 Å². The summed E-state index contributed by atoms with van der Waals surface area (Å²) >= 11 is 0. The SMILES string of the molecule is Cc1cc(S(=O)(=O)N/N=C\c2ccc(C(=O)O)cc2)ccc1[N+](=O)[O-]. The molecular formula is C15H13N3O6S. The summed E-state index contributed by atoms with van der Waals surface area (Å²) in [6.45, 7) is 1.43. The lowest BCUT2D eigenvalue weighted by Crippen LogP contribution is -2.18. The maximum Gasteiger partial charge on any atom is 0.335 e. The van der Waals surface area contributed by atoms with Gasteiger partial charge < -0.3 is 5.11 Å². The quantitative estimate of drug-likeness (QED) is 0.456. The van der Waals surface area contributed by atoms with E-state index in [0.717, 1.165) is 12.1 Å². The number of carboxylic acids is 1. The van der Waals surface area contributed by atoms with Gasteiger partial charge in [-0.1, -0.05) is 12.1 Å². The summed E-state index contributed by atoms with van der Waals surface area (Å²) in [4.78, 5) is 22.7. The Labute approximate surface area is 142 Å². The summed E-state index contributed by atoms with van der Waals surface area (Å²) < 4.78 is 24.3. The molecular weight excluding hydrogens is 350 g/mol. The molecule has 0 saturated carbocycles. The second kappa shape index (κ2) is 7.09. The highest BCUT2D eigenvalue weighted by atomic mass is 32.2. The van der Waals surface area contributed by atoms with Crippen LogP contribution in [0.15, 0.2) is 52.5 Å². The number of rotatable bonds is 6. The van der Waals surface area contributed by atoms with Gasteiger partial charge in [0.05, 0.1) is 21.6 Å². The summed E-state index contributed by atoms with van der Waals surface area (Å²) in [6.07, 6.45) is 1.21. The van der Waals surface area contributed by atoms with Gasteiger partial charge in [0.15, 0.2) is 0 Å². The second-order valence-electron chi connectivity index (χ2n) is 4.99. The molecule has 2 rings (SSSR count). The van der Waals surface area contributed by atoms with Gasteiger partial charge in [-0.3, -0.25) is 10.1 Å². The Balaban J connectivity index is 2.14. The predicted molar refractivity (Wildman–Crippen MR) is 89.2 cm³/mol. The Morgan fingerprint density at radius 2 is 1.88 bits per heavy atom. The molecule has 10 heteroatoms. The van der Waals surface area contributed by atoms with Crippen molar-refractivity contribution in [2.24, 2.45) is 5.10 Å². The third-order valence-electron chi connectivity index (χ3n) is 3.22. The first-order valence-electron chi connectivity index (χ1n) is 6.84. The monoisotopic (exact) mass is 363 g/mol. The van der Waals surface area contributed by atoms with Gasteiger partial charge >= 0.3 is 5.97 Å². The van der Waals surface area contributed by atoms with E-state index in [1.54, 1.807) is 0 Å². The van der Waals surface area contributed by atoms with Gasteiger partial charge in [0, 0.05) is 11.6 Å². The fourth-order valence-electron chi connectivity index (χ4n) is 1.93. The van der Waals surface area contributed by atoms with Crippen LogP contribution in [0.4, 0.5) is 5.69 Å². The van der Waals surface area contributed by atoms with E-state index >= 15 is 0 Å². The second-order valence-corrected chi connectivity index (χ2v) is 6.65. The summed E-state index contributed by atoms with van der Waals surface area (Å²) in [5.74, 6) is -1.07. The van der Waals surface area contributed by atoms with Gasteiger partial charge in [0.2, 0.25) is 0 Å². The molecule has 0 heterocycles. The molecule has 2 aromatic carbocycles. The number of aromatic carboxylic acids is 1. The van der Waals surface area contributed by atoms with Crippen molar-refractivity contribution in [2.45, 2.75) is 11.8 Å². The molecule has 0 radical (unpaired) electrons. The number of sulfonamides is 1. The molecule has 0 saturated heterocycles. The van der Waals surface area contributed by atoms with Gasteiger partial charge in [0.25, 0.3) is 15.7 Å². The lowest BCUT2D eigenvalue weighted by Gasteiger charge is -2.04. The summed E-state index contributed by atoms with van der Waals surface area (Å²) in [7, 11) is -3.98. The van der Waals surface area contributed by atoms with Crippen molar-refractivity contribution in [3.05, 3.63) is 69.3 Å². The summed E-state index contributed by atoms with van der Waals surface area (Å²) in [5, 5.41) is 23.2. The molecule has 0 amide bonds. The van der Waals surface area contributed by atoms with Crippen molar-refractivity contribution in [2.75, 3.05) is 0 Å². The standard InChI is InChI=1S/C15H13N3O6S/c1-10-8-13(6-7-14(10)18(21)22)25(23,24)17-16-9-11-2-4-12(5-3-11)15(19)20/h2-9,17H,1H3,(H,19,20)/b16-9-. The highest BCUT2D eigenvalue weighted by Crippen LogP contribution is 2.21. The Kier molecular flexibility index (Phi) is 5.13. The molecule has 25 heavy (non-hydrogen) atoms. The van der Waals surface area contributed by atoms with E-state index in [0.29, 0.717) is 5.56 Å². The van der Waals surface area contributed by atoms with Crippen molar-refractivity contribution in [3.8, 4) is 0 Å². The first-order chi connectivity index (χ1) is 11.7. The van der Waals surface area contributed by atoms with E-state index in [2.05, 4.69) is 5.10 Å². The van der Waals surface area contributed by atoms with E-state index < -0.39 is 20.9 Å². The summed E-state index contributed by atoms with van der Waals surface area (Å²) in [6, 6.07) is 9.06. The highest BCUT2D eigenvalue weighted by molar-refractivity contribution is 7.89. The van der Waals surface area contributed by atoms with Crippen LogP contribution in [-0.2, 0) is 10.0 Å². The van der Waals surface area contributed by atoms with Crippen LogP contribution in [0.5, 0.6) is 0 Å². The van der Waals surface area contributed by atoms with E-state index in [9.17, 15) is 23.3 Å². The number of hydrogen-bond acceptors (Lipinski definition) is 6. The van der Waals surface area contributed by atoms with Crippen molar-refractivity contribution in [1.82, 2.24) is 4.83 Å². The van der Waals surface area contributed by atoms with Crippen LogP contribution in [0.25, 0.3) is 0 Å². The first kappa shape index (κ1) is 18.1. The molecule has 0 fully saturated rings. The van der Waals surface area contributed by atoms with E-state index in [1.807, 2.05) is 4.83 Å². The van der Waals surface area contributed by atoms with Gasteiger partial charge in [-0.15, -0.1) is 0 Å². The average Bonchev–Trinajstić information content (AvgIpc) is 2.54. The predicted octanol–water partition coefficient (Wildman–Crippen LogP) is 1.91. The van der Waals surface area contributed by atoms with Crippen LogP contribution in [0.3, 0.4) is 0 Å². The minimum atomic E-state index is -3.98. The first-order valence-corrected chi connectivity index (χ1v) is 8.32. The van der Waals surface area contributed by atoms with Gasteiger partial charge in [0.1, 0.15) is 0 Å². The number of nitro benzene ring substituents is 1. The molecule has 0 spiro atoms. The maximum atomic E-state index is 12.1. The number of nitrogens with zero attached hydrogens (tertiary/aromatic N) is 2. The third-order valence-corrected chi connectivity index (χ3v) is 4.44. The van der Waals surface area contributed by atoms with Crippen molar-refractivity contribution >= 4 is 27.9 Å². The van der Waals surface area contributed by atoms with E-state index in [1.165, 1.54) is 43.5 Å². The van der Waals surface area contributed by atoms with E-state index in [4.69, 9.17) is 5.11 Å². The van der Waals surface area contributed by atoms with Gasteiger partial charge in [-0.05, 0) is 36.8 Å². The Morgan fingerprint density at radius 1 is 1.24 bits per heavy atom. The fraction of sp³-hybridized carbons (Fsp3) is 0.0667. The van der Waals surface area contributed by atoms with Crippen molar-refractivity contribution < 1.29 is 23.2 Å². The molecule has 0 aromatic heterocycles. The molecule has 0 aliphatic rings. The Hall–Kier alpha value is -3.27. The Bertz CT molecular complexity index is 952. The maximum absolute atomic E-state index is 12.1. The van der Waals surface area contributed by atoms with Crippen LogP contribution in [0.2, 0.25) is 0 Å². The number of carbonyl (C=O) groups is 1. The number of hydrogen-bond donors (Lipinski definition) is 2. The molecule has 0 aliphatic heterocycles. The Morgan fingerprint density at radius 3 is 2.40 bits per heavy atom. The smallest absolute Gasteiger partial charge is 0.335 e. The van der Waals surface area contributed by atoms with Crippen LogP contribution in [-0.4, -0.2) is 30.6 Å². The lowest BCUT2D eigenvalue weighted by atomic mass is 10.1. The molecule has 2 N–H and O–H groups in total. The zero-order valence-corrected chi connectivity index (χ0v) is 13.7. The largest absolute Gasteiger partial charge is 0.478 e. The number of benzene rings is 2. The van der Waals surface area contributed by atoms with Crippen LogP contribution < -0.4 is 4.83 Å². The molecule has 2 aromatic rings. The topological polar surface area (TPSA) is 139 Å². The van der Waals surface area contributed by atoms with Crippen LogP contribution >= 0.6 is 0 Å². The van der Waals surface area contributed by atoms with Gasteiger partial charge in [-0.25, -0.2) is 9.63 Å². The number of nitro groups is 1. The van der Waals surface area contributed by atoms with Crippen molar-refractivity contribution in [1.29, 1.82) is 0 Å². The van der Waals surface area contributed by atoms with Crippen LogP contribution in [0, 0.1) is 17.0 Å². The number of hydrazone groups is 1. The minimum Gasteiger partial charge on any atom is -0.478 e. The average molecular weight is 363 g/mol. The normalized spacial score (nSPS) is 11.4. The molecule has 0 atom stereocenters.